The van der Waals surface area contributed by atoms with Gasteiger partial charge in [-0.1, -0.05) is 53.2 Å². The van der Waals surface area contributed by atoms with E-state index >= 15 is 0 Å². The summed E-state index contributed by atoms with van der Waals surface area (Å²) < 4.78 is 10.8. The molecule has 0 aliphatic rings. The zero-order valence-electron chi connectivity index (χ0n) is 17.7. The Kier molecular flexibility index (Phi) is 6.46. The van der Waals surface area contributed by atoms with Crippen LogP contribution in [0.1, 0.15) is 43.5 Å². The first kappa shape index (κ1) is 21.1. The van der Waals surface area contributed by atoms with E-state index < -0.39 is 0 Å². The predicted molar refractivity (Wildman–Crippen MR) is 118 cm³/mol. The molecule has 0 aliphatic heterocycles. The fourth-order valence-corrected chi connectivity index (χ4v) is 3.21. The van der Waals surface area contributed by atoms with Crippen molar-refractivity contribution in [1.82, 2.24) is 15.4 Å². The van der Waals surface area contributed by atoms with Gasteiger partial charge in [-0.25, -0.2) is 0 Å². The van der Waals surface area contributed by atoms with Crippen molar-refractivity contribution in [3.63, 3.8) is 0 Å². The lowest BCUT2D eigenvalue weighted by atomic mass is 10.1. The second-order valence-corrected chi connectivity index (χ2v) is 7.45. The summed E-state index contributed by atoms with van der Waals surface area (Å²) in [6.45, 7) is 2.80. The molecule has 0 atom stereocenters. The van der Waals surface area contributed by atoms with Gasteiger partial charge in [-0.3, -0.25) is 9.59 Å². The number of furan rings is 1. The standard InChI is InChI=1S/C25H23N3O4/c1-18-9-11-19(12-10-18)15-26-24(29)23-14-22(32-27-23)17-28(16-21-8-5-13-31-21)25(30)20-6-3-2-4-7-20/h2-14H,15-17H2,1H3,(H,26,29). The number of aromatic nitrogens is 1. The maximum atomic E-state index is 13.0. The summed E-state index contributed by atoms with van der Waals surface area (Å²) in [5.74, 6) is 0.530. The highest BCUT2D eigenvalue weighted by molar-refractivity contribution is 5.94. The summed E-state index contributed by atoms with van der Waals surface area (Å²) in [5, 5.41) is 6.71. The van der Waals surface area contributed by atoms with Gasteiger partial charge in [0, 0.05) is 18.2 Å². The second kappa shape index (κ2) is 9.78. The lowest BCUT2D eigenvalue weighted by Crippen LogP contribution is -2.29. The van der Waals surface area contributed by atoms with Crippen molar-refractivity contribution in [2.45, 2.75) is 26.6 Å². The number of nitrogens with one attached hydrogen (secondary N) is 1. The first-order valence-electron chi connectivity index (χ1n) is 10.2. The maximum Gasteiger partial charge on any atom is 0.273 e. The van der Waals surface area contributed by atoms with Crippen molar-refractivity contribution >= 4 is 11.8 Å². The molecule has 32 heavy (non-hydrogen) atoms. The Morgan fingerprint density at radius 2 is 1.69 bits per heavy atom. The topological polar surface area (TPSA) is 88.6 Å². The molecule has 4 aromatic rings. The summed E-state index contributed by atoms with van der Waals surface area (Å²) in [7, 11) is 0. The van der Waals surface area contributed by atoms with Crippen LogP contribution in [0.3, 0.4) is 0 Å². The van der Waals surface area contributed by atoms with Crippen molar-refractivity contribution in [1.29, 1.82) is 0 Å². The SMILES string of the molecule is Cc1ccc(CNC(=O)c2cc(CN(Cc3ccco3)C(=O)c3ccccc3)on2)cc1. The van der Waals surface area contributed by atoms with Gasteiger partial charge in [0.15, 0.2) is 11.5 Å². The largest absolute Gasteiger partial charge is 0.467 e. The van der Waals surface area contributed by atoms with E-state index in [1.807, 2.05) is 49.4 Å². The van der Waals surface area contributed by atoms with Gasteiger partial charge in [0.25, 0.3) is 11.8 Å². The van der Waals surface area contributed by atoms with Crippen LogP contribution in [0.2, 0.25) is 0 Å². The smallest absolute Gasteiger partial charge is 0.273 e. The summed E-state index contributed by atoms with van der Waals surface area (Å²) in [6.07, 6.45) is 1.56. The van der Waals surface area contributed by atoms with E-state index in [1.165, 1.54) is 0 Å². The van der Waals surface area contributed by atoms with Gasteiger partial charge >= 0.3 is 0 Å². The number of hydrogen-bond donors (Lipinski definition) is 1. The van der Waals surface area contributed by atoms with Crippen molar-refractivity contribution in [3.8, 4) is 0 Å². The van der Waals surface area contributed by atoms with Gasteiger partial charge in [-0.2, -0.15) is 0 Å². The summed E-state index contributed by atoms with van der Waals surface area (Å²) in [6, 6.07) is 22.0. The molecule has 0 radical (unpaired) electrons. The van der Waals surface area contributed by atoms with Gasteiger partial charge in [0.1, 0.15) is 5.76 Å². The van der Waals surface area contributed by atoms with E-state index in [1.54, 1.807) is 41.5 Å². The van der Waals surface area contributed by atoms with Crippen molar-refractivity contribution in [2.75, 3.05) is 0 Å². The Morgan fingerprint density at radius 1 is 0.938 bits per heavy atom. The second-order valence-electron chi connectivity index (χ2n) is 7.45. The molecule has 2 amide bonds. The quantitative estimate of drug-likeness (QED) is 0.450. The van der Waals surface area contributed by atoms with Crippen LogP contribution in [-0.4, -0.2) is 21.9 Å². The van der Waals surface area contributed by atoms with E-state index in [0.29, 0.717) is 23.6 Å². The van der Waals surface area contributed by atoms with Gasteiger partial charge in [0.2, 0.25) is 0 Å². The number of hydrogen-bond acceptors (Lipinski definition) is 5. The average molecular weight is 429 g/mol. The molecule has 162 valence electrons. The minimum atomic E-state index is -0.340. The summed E-state index contributed by atoms with van der Waals surface area (Å²) in [5.41, 5.74) is 2.86. The highest BCUT2D eigenvalue weighted by Crippen LogP contribution is 2.16. The van der Waals surface area contributed by atoms with E-state index in [9.17, 15) is 9.59 Å². The molecule has 2 heterocycles. The molecule has 2 aromatic carbocycles. The minimum Gasteiger partial charge on any atom is -0.467 e. The van der Waals surface area contributed by atoms with Crippen LogP contribution in [0.25, 0.3) is 0 Å². The van der Waals surface area contributed by atoms with E-state index in [4.69, 9.17) is 8.94 Å². The van der Waals surface area contributed by atoms with Crippen LogP contribution in [0.5, 0.6) is 0 Å². The molecule has 2 aromatic heterocycles. The first-order chi connectivity index (χ1) is 15.6. The number of aryl methyl sites for hydroxylation is 1. The fraction of sp³-hybridized carbons (Fsp3) is 0.160. The number of amides is 2. The maximum absolute atomic E-state index is 13.0. The van der Waals surface area contributed by atoms with Gasteiger partial charge in [0.05, 0.1) is 19.4 Å². The van der Waals surface area contributed by atoms with Crippen molar-refractivity contribution in [2.24, 2.45) is 0 Å². The molecular weight excluding hydrogens is 406 g/mol. The monoisotopic (exact) mass is 429 g/mol. The van der Waals surface area contributed by atoms with E-state index in [2.05, 4.69) is 10.5 Å². The van der Waals surface area contributed by atoms with Crippen LogP contribution in [0.15, 0.2) is 88.0 Å². The Hall–Kier alpha value is -4.13. The van der Waals surface area contributed by atoms with Crippen LogP contribution in [0.4, 0.5) is 0 Å². The van der Waals surface area contributed by atoms with Crippen molar-refractivity contribution in [3.05, 3.63) is 113 Å². The zero-order valence-corrected chi connectivity index (χ0v) is 17.7. The molecule has 0 saturated carbocycles. The third kappa shape index (κ3) is 5.31. The number of rotatable bonds is 8. The molecule has 7 nitrogen and oxygen atoms in total. The lowest BCUT2D eigenvalue weighted by molar-refractivity contribution is 0.0700. The highest BCUT2D eigenvalue weighted by atomic mass is 16.5. The van der Waals surface area contributed by atoms with Gasteiger partial charge in [-0.05, 0) is 36.8 Å². The minimum absolute atomic E-state index is 0.146. The Labute approximate surface area is 185 Å². The van der Waals surface area contributed by atoms with Crippen LogP contribution < -0.4 is 5.32 Å². The average Bonchev–Trinajstić information content (AvgIpc) is 3.50. The number of nitrogens with zero attached hydrogens (tertiary/aromatic N) is 2. The molecular formula is C25H23N3O4. The van der Waals surface area contributed by atoms with Crippen molar-refractivity contribution < 1.29 is 18.5 Å². The summed E-state index contributed by atoms with van der Waals surface area (Å²) in [4.78, 5) is 27.1. The fourth-order valence-electron chi connectivity index (χ4n) is 3.21. The molecule has 0 spiro atoms. The Balaban J connectivity index is 1.44. The zero-order chi connectivity index (χ0) is 22.3. The van der Waals surface area contributed by atoms with E-state index in [-0.39, 0.29) is 30.6 Å². The van der Waals surface area contributed by atoms with Gasteiger partial charge < -0.3 is 19.2 Å². The van der Waals surface area contributed by atoms with Crippen LogP contribution in [0, 0.1) is 6.92 Å². The predicted octanol–water partition coefficient (Wildman–Crippen LogP) is 4.35. The molecule has 0 bridgehead atoms. The van der Waals surface area contributed by atoms with Crippen LogP contribution in [-0.2, 0) is 19.6 Å². The Bertz CT molecular complexity index is 1170. The third-order valence-electron chi connectivity index (χ3n) is 4.95. The number of carbonyl (C=O) groups is 2. The molecule has 0 saturated heterocycles. The highest BCUT2D eigenvalue weighted by Gasteiger charge is 2.21. The van der Waals surface area contributed by atoms with E-state index in [0.717, 1.165) is 11.1 Å². The molecule has 4 rings (SSSR count). The Morgan fingerprint density at radius 3 is 2.41 bits per heavy atom. The van der Waals surface area contributed by atoms with Gasteiger partial charge in [-0.15, -0.1) is 0 Å². The molecule has 7 heteroatoms. The molecule has 0 fully saturated rings. The molecule has 0 aliphatic carbocycles. The molecule has 1 N–H and O–H groups in total. The number of carbonyl (C=O) groups excluding carboxylic acids is 2. The first-order valence-corrected chi connectivity index (χ1v) is 10.2. The summed E-state index contributed by atoms with van der Waals surface area (Å²) >= 11 is 0. The normalized spacial score (nSPS) is 10.7. The number of benzene rings is 2. The third-order valence-corrected chi connectivity index (χ3v) is 4.95. The molecule has 0 unspecified atom stereocenters. The lowest BCUT2D eigenvalue weighted by Gasteiger charge is -2.20. The van der Waals surface area contributed by atoms with Crippen LogP contribution >= 0.6 is 0 Å².